The third kappa shape index (κ3) is 3.65. The Morgan fingerprint density at radius 1 is 1.47 bits per heavy atom. The molecule has 2 heterocycles. The maximum Gasteiger partial charge on any atom is 0.257 e. The first kappa shape index (κ1) is 13.8. The quantitative estimate of drug-likeness (QED) is 0.704. The van der Waals surface area contributed by atoms with Gasteiger partial charge < -0.3 is 10.7 Å². The summed E-state index contributed by atoms with van der Waals surface area (Å²) in [6.45, 7) is 0.524. The van der Waals surface area contributed by atoms with Gasteiger partial charge in [0.05, 0.1) is 23.9 Å². The molecule has 2 aromatic heterocycles. The Balaban J connectivity index is 2.01. The molecule has 2 aromatic rings. The fourth-order valence-electron chi connectivity index (χ4n) is 1.31. The van der Waals surface area contributed by atoms with Crippen molar-refractivity contribution in [1.29, 1.82) is 0 Å². The van der Waals surface area contributed by atoms with Crippen LogP contribution in [0, 0.1) is 11.8 Å². The van der Waals surface area contributed by atoms with Crippen molar-refractivity contribution in [3.8, 4) is 11.8 Å². The number of rotatable bonds is 4. The largest absolute Gasteiger partial charge is 0.335 e. The van der Waals surface area contributed by atoms with Gasteiger partial charge in [-0.05, 0) is 12.1 Å². The summed E-state index contributed by atoms with van der Waals surface area (Å²) in [5, 5.41) is 0.0483. The predicted octanol–water partition coefficient (Wildman–Crippen LogP) is 0.260. The highest BCUT2D eigenvalue weighted by atomic mass is 32.2. The highest BCUT2D eigenvalue weighted by Crippen LogP contribution is 2.15. The highest BCUT2D eigenvalue weighted by Gasteiger charge is 2.15. The lowest BCUT2D eigenvalue weighted by molar-refractivity contribution is 0.578. The second-order valence-corrected chi connectivity index (χ2v) is 6.42. The molecule has 0 spiro atoms. The summed E-state index contributed by atoms with van der Waals surface area (Å²) in [6.07, 6.45) is 2.58. The predicted molar refractivity (Wildman–Crippen MR) is 72.9 cm³/mol. The van der Waals surface area contributed by atoms with Gasteiger partial charge in [-0.2, -0.15) is 0 Å². The number of hydrogen-bond donors (Lipinski definition) is 3. The molecule has 6 nitrogen and oxygen atoms in total. The first-order valence-corrected chi connectivity index (χ1v) is 7.67. The second kappa shape index (κ2) is 5.99. The van der Waals surface area contributed by atoms with E-state index in [4.69, 9.17) is 5.73 Å². The summed E-state index contributed by atoms with van der Waals surface area (Å²) in [6, 6.07) is 3.67. The normalized spacial score (nSPS) is 11.0. The van der Waals surface area contributed by atoms with E-state index in [1.54, 1.807) is 0 Å². The van der Waals surface area contributed by atoms with Gasteiger partial charge in [-0.3, -0.25) is 0 Å². The minimum Gasteiger partial charge on any atom is -0.335 e. The molecule has 0 aliphatic heterocycles. The zero-order chi connectivity index (χ0) is 13.7. The Morgan fingerprint density at radius 3 is 3.00 bits per heavy atom. The molecular formula is C11H12N4O2S2. The molecule has 4 N–H and O–H groups in total. The lowest BCUT2D eigenvalue weighted by Crippen LogP contribution is -2.23. The minimum absolute atomic E-state index is 0.0483. The molecule has 0 aliphatic carbocycles. The van der Waals surface area contributed by atoms with Crippen LogP contribution in [0.3, 0.4) is 0 Å². The van der Waals surface area contributed by atoms with E-state index < -0.39 is 10.0 Å². The lowest BCUT2D eigenvalue weighted by Gasteiger charge is -2.02. The number of H-pyrrole nitrogens is 1. The molecule has 0 fully saturated rings. The SMILES string of the molecule is NCC#Cc1ccc(CNS(=O)(=O)c2cnc[nH]2)s1. The molecule has 0 aromatic carbocycles. The molecule has 0 bridgehead atoms. The van der Waals surface area contributed by atoms with Gasteiger partial charge in [-0.1, -0.05) is 11.8 Å². The summed E-state index contributed by atoms with van der Waals surface area (Å²) < 4.78 is 26.1. The summed E-state index contributed by atoms with van der Waals surface area (Å²) in [4.78, 5) is 7.97. The van der Waals surface area contributed by atoms with E-state index in [-0.39, 0.29) is 11.6 Å². The third-order valence-electron chi connectivity index (χ3n) is 2.17. The lowest BCUT2D eigenvalue weighted by atomic mass is 10.4. The maximum atomic E-state index is 11.8. The summed E-state index contributed by atoms with van der Waals surface area (Å²) >= 11 is 1.43. The Labute approximate surface area is 115 Å². The molecule has 0 radical (unpaired) electrons. The Kier molecular flexibility index (Phi) is 4.34. The van der Waals surface area contributed by atoms with Gasteiger partial charge in [-0.25, -0.2) is 18.1 Å². The van der Waals surface area contributed by atoms with Gasteiger partial charge in [0.25, 0.3) is 10.0 Å². The van der Waals surface area contributed by atoms with Crippen LogP contribution in [0.5, 0.6) is 0 Å². The Bertz CT molecular complexity index is 693. The average molecular weight is 296 g/mol. The molecule has 100 valence electrons. The Hall–Kier alpha value is -1.66. The number of aromatic amines is 1. The van der Waals surface area contributed by atoms with Crippen molar-refractivity contribution >= 4 is 21.4 Å². The monoisotopic (exact) mass is 296 g/mol. The van der Waals surface area contributed by atoms with E-state index in [9.17, 15) is 8.42 Å². The van der Waals surface area contributed by atoms with E-state index in [1.807, 2.05) is 12.1 Å². The number of thiophene rings is 1. The van der Waals surface area contributed by atoms with Crippen LogP contribution in [0.2, 0.25) is 0 Å². The van der Waals surface area contributed by atoms with E-state index in [2.05, 4.69) is 26.5 Å². The third-order valence-corrected chi connectivity index (χ3v) is 4.50. The zero-order valence-electron chi connectivity index (χ0n) is 9.88. The number of aromatic nitrogens is 2. The van der Waals surface area contributed by atoms with Crippen LogP contribution in [0.25, 0.3) is 0 Å². The molecule has 0 saturated carbocycles. The number of imidazole rings is 1. The number of nitrogens with one attached hydrogen (secondary N) is 2. The van der Waals surface area contributed by atoms with Crippen molar-refractivity contribution < 1.29 is 8.42 Å². The average Bonchev–Trinajstić information content (AvgIpc) is 3.05. The van der Waals surface area contributed by atoms with Gasteiger partial charge in [0, 0.05) is 11.4 Å². The van der Waals surface area contributed by atoms with Crippen molar-refractivity contribution in [2.75, 3.05) is 6.54 Å². The van der Waals surface area contributed by atoms with Crippen molar-refractivity contribution in [2.24, 2.45) is 5.73 Å². The van der Waals surface area contributed by atoms with E-state index in [0.29, 0.717) is 6.54 Å². The first-order chi connectivity index (χ1) is 9.12. The van der Waals surface area contributed by atoms with Gasteiger partial charge in [0.2, 0.25) is 0 Å². The van der Waals surface area contributed by atoms with Crippen LogP contribution in [-0.2, 0) is 16.6 Å². The second-order valence-electron chi connectivity index (χ2n) is 3.51. The molecular weight excluding hydrogens is 284 g/mol. The zero-order valence-corrected chi connectivity index (χ0v) is 11.5. The van der Waals surface area contributed by atoms with E-state index in [1.165, 1.54) is 23.9 Å². The molecule has 0 aliphatic rings. The number of nitrogens with zero attached hydrogens (tertiary/aromatic N) is 1. The van der Waals surface area contributed by atoms with Crippen molar-refractivity contribution in [1.82, 2.24) is 14.7 Å². The fourth-order valence-corrected chi connectivity index (χ4v) is 3.13. The van der Waals surface area contributed by atoms with Crippen molar-refractivity contribution in [3.63, 3.8) is 0 Å². The molecule has 0 amide bonds. The maximum absolute atomic E-state index is 11.8. The summed E-state index contributed by atoms with van der Waals surface area (Å²) in [5.74, 6) is 5.65. The molecule has 0 saturated heterocycles. The van der Waals surface area contributed by atoms with Crippen LogP contribution < -0.4 is 10.5 Å². The fraction of sp³-hybridized carbons (Fsp3) is 0.182. The number of hydrogen-bond acceptors (Lipinski definition) is 5. The van der Waals surface area contributed by atoms with Crippen molar-refractivity contribution in [2.45, 2.75) is 11.6 Å². The summed E-state index contributed by atoms with van der Waals surface area (Å²) in [5.41, 5.74) is 5.28. The highest BCUT2D eigenvalue weighted by molar-refractivity contribution is 7.89. The van der Waals surface area contributed by atoms with Gasteiger partial charge in [0.1, 0.15) is 0 Å². The molecule has 0 unspecified atom stereocenters. The van der Waals surface area contributed by atoms with Crippen LogP contribution in [0.1, 0.15) is 9.75 Å². The molecule has 19 heavy (non-hydrogen) atoms. The number of nitrogens with two attached hydrogens (primary N) is 1. The van der Waals surface area contributed by atoms with Crippen LogP contribution >= 0.6 is 11.3 Å². The molecule has 0 atom stereocenters. The Morgan fingerprint density at radius 2 is 2.32 bits per heavy atom. The van der Waals surface area contributed by atoms with E-state index >= 15 is 0 Å². The molecule has 2 rings (SSSR count). The minimum atomic E-state index is -3.54. The van der Waals surface area contributed by atoms with Crippen LogP contribution in [-0.4, -0.2) is 24.9 Å². The standard InChI is InChI=1S/C11H12N4O2S2/c12-5-1-2-9-3-4-10(18-9)6-15-19(16,17)11-7-13-8-14-11/h3-4,7-8,15H,5-6,12H2,(H,13,14). The van der Waals surface area contributed by atoms with Crippen molar-refractivity contribution in [3.05, 3.63) is 34.4 Å². The van der Waals surface area contributed by atoms with Crippen LogP contribution in [0.15, 0.2) is 29.7 Å². The topological polar surface area (TPSA) is 101 Å². The summed E-state index contributed by atoms with van der Waals surface area (Å²) in [7, 11) is -3.54. The van der Waals surface area contributed by atoms with Gasteiger partial charge in [-0.15, -0.1) is 11.3 Å². The van der Waals surface area contributed by atoms with Crippen LogP contribution in [0.4, 0.5) is 0 Å². The van der Waals surface area contributed by atoms with Gasteiger partial charge in [0.15, 0.2) is 5.03 Å². The van der Waals surface area contributed by atoms with E-state index in [0.717, 1.165) is 9.75 Å². The smallest absolute Gasteiger partial charge is 0.257 e. The number of sulfonamides is 1. The first-order valence-electron chi connectivity index (χ1n) is 5.37. The van der Waals surface area contributed by atoms with Gasteiger partial charge >= 0.3 is 0 Å². The molecule has 8 heteroatoms.